The van der Waals surface area contributed by atoms with Crippen LogP contribution in [0, 0.1) is 17.8 Å². The zero-order valence-electron chi connectivity index (χ0n) is 25.8. The van der Waals surface area contributed by atoms with E-state index in [0.717, 1.165) is 0 Å². The molecule has 1 aromatic rings. The van der Waals surface area contributed by atoms with Gasteiger partial charge in [0.1, 0.15) is 0 Å². The van der Waals surface area contributed by atoms with Crippen LogP contribution in [-0.2, 0) is 20.2 Å². The summed E-state index contributed by atoms with van der Waals surface area (Å²) >= 11 is 0. The van der Waals surface area contributed by atoms with Gasteiger partial charge in [0.05, 0.1) is 39.6 Å². The molecule has 1 aliphatic rings. The van der Waals surface area contributed by atoms with E-state index in [1.54, 1.807) is 0 Å². The molecule has 6 heteroatoms. The van der Waals surface area contributed by atoms with Crippen molar-refractivity contribution in [2.75, 3.05) is 6.61 Å². The summed E-state index contributed by atoms with van der Waals surface area (Å²) in [5.41, 5.74) is 1.28. The van der Waals surface area contributed by atoms with Gasteiger partial charge in [-0.3, -0.25) is 0 Å². The minimum Gasteiger partial charge on any atom is -0.392 e. The second kappa shape index (κ2) is 12.2. The van der Waals surface area contributed by atoms with Crippen LogP contribution in [0.5, 0.6) is 0 Å². The molecule has 1 N–H and O–H groups in total. The van der Waals surface area contributed by atoms with Crippen LogP contribution in [0.1, 0.15) is 67.9 Å². The van der Waals surface area contributed by atoms with Crippen molar-refractivity contribution in [3.05, 3.63) is 48.6 Å². The first-order chi connectivity index (χ1) is 16.9. The fourth-order valence-corrected chi connectivity index (χ4v) is 13.8. The largest absolute Gasteiger partial charge is 0.392 e. The van der Waals surface area contributed by atoms with Crippen molar-refractivity contribution in [3.8, 4) is 0 Å². The van der Waals surface area contributed by atoms with Crippen LogP contribution in [0.25, 0.3) is 0 Å². The smallest absolute Gasteiger partial charge is 0.349 e. The number of aliphatic hydroxyl groups excluding tert-OH is 1. The lowest BCUT2D eigenvalue weighted by Crippen LogP contribution is -2.68. The first-order valence-corrected chi connectivity index (χ1v) is 19.5. The molecule has 0 radical (unpaired) electrons. The van der Waals surface area contributed by atoms with E-state index in [9.17, 15) is 5.11 Å². The van der Waals surface area contributed by atoms with E-state index in [-0.39, 0.29) is 45.6 Å². The summed E-state index contributed by atoms with van der Waals surface area (Å²) in [6.45, 7) is 32.5. The second-order valence-electron chi connectivity index (χ2n) is 14.6. The Bertz CT molecular complexity index is 839. The van der Waals surface area contributed by atoms with Crippen molar-refractivity contribution in [1.29, 1.82) is 0 Å². The summed E-state index contributed by atoms with van der Waals surface area (Å²) in [4.78, 5) is 0. The highest BCUT2D eigenvalue weighted by molar-refractivity contribution is 6.78. The Morgan fingerprint density at radius 3 is 1.97 bits per heavy atom. The summed E-state index contributed by atoms with van der Waals surface area (Å²) in [7, 11) is -4.46. The predicted octanol–water partition coefficient (Wildman–Crippen LogP) is 8.19. The summed E-state index contributed by atoms with van der Waals surface area (Å²) in [5.74, 6) is 0.278. The maximum atomic E-state index is 11.7. The highest BCUT2D eigenvalue weighted by atomic mass is 28.4. The molecule has 2 rings (SSSR count). The van der Waals surface area contributed by atoms with Gasteiger partial charge in [0.15, 0.2) is 0 Å². The SMILES string of the molecule is C=C[C@@H]([C@H](O)[C@@H](C)[C@H]1O[Si](C(C)(C)C)(C(C)(C)C)O[C@@H]([C@H](C)COCc2ccccc2)[C@H]1C)[Si](C)(C)C. The number of ether oxygens (including phenoxy) is 1. The van der Waals surface area contributed by atoms with E-state index >= 15 is 0 Å². The third-order valence-electron chi connectivity index (χ3n) is 8.35. The monoisotopic (exact) mass is 548 g/mol. The summed E-state index contributed by atoms with van der Waals surface area (Å²) in [6, 6.07) is 10.3. The Balaban J connectivity index is 2.42. The van der Waals surface area contributed by atoms with Gasteiger partial charge in [0, 0.05) is 27.8 Å². The zero-order chi connectivity index (χ0) is 28.4. The lowest BCUT2D eigenvalue weighted by molar-refractivity contribution is -0.125. The highest BCUT2D eigenvalue weighted by Gasteiger charge is 2.64. The minimum absolute atomic E-state index is 0.0108. The molecule has 0 aliphatic carbocycles. The molecule has 1 fully saturated rings. The number of aliphatic hydroxyl groups is 1. The van der Waals surface area contributed by atoms with Crippen molar-refractivity contribution in [2.24, 2.45) is 17.8 Å². The van der Waals surface area contributed by atoms with E-state index in [4.69, 9.17) is 13.6 Å². The van der Waals surface area contributed by atoms with Crippen LogP contribution in [0.4, 0.5) is 0 Å². The first-order valence-electron chi connectivity index (χ1n) is 14.1. The van der Waals surface area contributed by atoms with Crippen LogP contribution in [0.3, 0.4) is 0 Å². The molecule has 0 spiro atoms. The van der Waals surface area contributed by atoms with Gasteiger partial charge in [-0.25, -0.2) is 0 Å². The van der Waals surface area contributed by atoms with Crippen LogP contribution in [0.2, 0.25) is 35.3 Å². The fraction of sp³-hybridized carbons (Fsp3) is 0.742. The van der Waals surface area contributed by atoms with Gasteiger partial charge in [-0.05, 0) is 11.1 Å². The average Bonchev–Trinajstić information content (AvgIpc) is 2.77. The summed E-state index contributed by atoms with van der Waals surface area (Å²) < 4.78 is 20.7. The second-order valence-corrected chi connectivity index (χ2v) is 24.7. The molecule has 4 nitrogen and oxygen atoms in total. The number of benzene rings is 1. The van der Waals surface area contributed by atoms with Gasteiger partial charge < -0.3 is 18.7 Å². The predicted molar refractivity (Wildman–Crippen MR) is 162 cm³/mol. The van der Waals surface area contributed by atoms with Crippen molar-refractivity contribution >= 4 is 16.6 Å². The van der Waals surface area contributed by atoms with Crippen LogP contribution >= 0.6 is 0 Å². The van der Waals surface area contributed by atoms with Gasteiger partial charge in [0.25, 0.3) is 0 Å². The molecule has 1 aromatic carbocycles. The van der Waals surface area contributed by atoms with Crippen molar-refractivity contribution in [1.82, 2.24) is 0 Å². The third kappa shape index (κ3) is 7.26. The lowest BCUT2D eigenvalue weighted by atomic mass is 9.81. The van der Waals surface area contributed by atoms with Crippen LogP contribution < -0.4 is 0 Å². The molecule has 0 unspecified atom stereocenters. The van der Waals surface area contributed by atoms with Gasteiger partial charge in [-0.2, -0.15) is 0 Å². The lowest BCUT2D eigenvalue weighted by Gasteiger charge is -2.59. The van der Waals surface area contributed by atoms with Gasteiger partial charge in [0.2, 0.25) is 0 Å². The van der Waals surface area contributed by atoms with Crippen molar-refractivity contribution < 1.29 is 18.7 Å². The molecule has 1 saturated heterocycles. The first kappa shape index (κ1) is 32.4. The average molecular weight is 549 g/mol. The Morgan fingerprint density at radius 1 is 1.00 bits per heavy atom. The quantitative estimate of drug-likeness (QED) is 0.236. The molecule has 0 aromatic heterocycles. The molecular formula is C31H56O4Si2. The summed E-state index contributed by atoms with van der Waals surface area (Å²) in [5, 5.41) is 11.4. The molecule has 0 bridgehead atoms. The van der Waals surface area contributed by atoms with Gasteiger partial charge >= 0.3 is 8.56 Å². The van der Waals surface area contributed by atoms with Gasteiger partial charge in [-0.1, -0.05) is 118 Å². The summed E-state index contributed by atoms with van der Waals surface area (Å²) in [6.07, 6.45) is 1.37. The van der Waals surface area contributed by atoms with E-state index in [2.05, 4.69) is 101 Å². The molecule has 0 amide bonds. The molecule has 37 heavy (non-hydrogen) atoms. The Morgan fingerprint density at radius 2 is 1.51 bits per heavy atom. The normalized spacial score (nSPS) is 26.2. The fourth-order valence-electron chi connectivity index (χ4n) is 6.42. The van der Waals surface area contributed by atoms with Crippen LogP contribution in [0.15, 0.2) is 43.0 Å². The highest BCUT2D eigenvalue weighted by Crippen LogP contribution is 2.57. The molecule has 7 atom stereocenters. The van der Waals surface area contributed by atoms with E-state index < -0.39 is 22.7 Å². The van der Waals surface area contributed by atoms with Crippen molar-refractivity contribution in [3.63, 3.8) is 0 Å². The Kier molecular flexibility index (Phi) is 10.7. The molecule has 212 valence electrons. The van der Waals surface area contributed by atoms with Gasteiger partial charge in [-0.15, -0.1) is 6.58 Å². The topological polar surface area (TPSA) is 47.9 Å². The number of hydrogen-bond acceptors (Lipinski definition) is 4. The molecule has 0 saturated carbocycles. The van der Waals surface area contributed by atoms with Crippen LogP contribution in [-0.4, -0.2) is 46.7 Å². The Labute approximate surface area is 230 Å². The minimum atomic E-state index is -2.80. The van der Waals surface area contributed by atoms with E-state index in [0.29, 0.717) is 13.2 Å². The number of hydrogen-bond donors (Lipinski definition) is 1. The Hall–Kier alpha value is -0.766. The van der Waals surface area contributed by atoms with E-state index in [1.807, 2.05) is 24.3 Å². The van der Waals surface area contributed by atoms with Crippen molar-refractivity contribution in [2.45, 2.75) is 122 Å². The zero-order valence-corrected chi connectivity index (χ0v) is 27.8. The molecular weight excluding hydrogens is 493 g/mol. The third-order valence-corrected chi connectivity index (χ3v) is 16.1. The molecule has 1 aliphatic heterocycles. The maximum absolute atomic E-state index is 11.7. The standard InChI is InChI=1S/C31H56O4Si2/c1-14-26(36(11,12)13)27(32)23(3)29-24(4)28(22(2)20-33-21-25-18-16-15-17-19-25)34-37(35-29,30(5,6)7)31(8,9)10/h14-19,22-24,26-29,32H,1,20-21H2,2-13H3/t22-,23-,24-,26+,27-,28+,29-/m1/s1. The number of rotatable bonds is 10. The van der Waals surface area contributed by atoms with E-state index in [1.165, 1.54) is 5.56 Å². The molecule has 1 heterocycles. The maximum Gasteiger partial charge on any atom is 0.349 e.